The van der Waals surface area contributed by atoms with Crippen LogP contribution in [0.4, 0.5) is 4.39 Å². The highest BCUT2D eigenvalue weighted by molar-refractivity contribution is 5.79. The zero-order chi connectivity index (χ0) is 19.4. The maximum Gasteiger partial charge on any atom is 0.261 e. The number of hydrogen-bond acceptors (Lipinski definition) is 5. The summed E-state index contributed by atoms with van der Waals surface area (Å²) in [6.45, 7) is 7.69. The van der Waals surface area contributed by atoms with E-state index in [1.807, 2.05) is 0 Å². The molecule has 27 heavy (non-hydrogen) atoms. The van der Waals surface area contributed by atoms with Crippen LogP contribution in [0.3, 0.4) is 0 Å². The monoisotopic (exact) mass is 376 g/mol. The van der Waals surface area contributed by atoms with Gasteiger partial charge in [0, 0.05) is 25.7 Å². The number of amides is 1. The van der Waals surface area contributed by atoms with Gasteiger partial charge in [0.1, 0.15) is 12.4 Å². The molecule has 0 radical (unpaired) electrons. The molecule has 1 amide bonds. The minimum absolute atomic E-state index is 0.147. The first-order valence-electron chi connectivity index (χ1n) is 9.19. The summed E-state index contributed by atoms with van der Waals surface area (Å²) in [5.41, 5.74) is -0.0199. The molecule has 1 atom stereocenters. The van der Waals surface area contributed by atoms with Gasteiger partial charge in [0.15, 0.2) is 0 Å². The number of benzene rings is 1. The smallest absolute Gasteiger partial charge is 0.261 e. The fourth-order valence-corrected chi connectivity index (χ4v) is 3.37. The number of hydrogen-bond donors (Lipinski definition) is 1. The highest BCUT2D eigenvalue weighted by atomic mass is 19.1. The van der Waals surface area contributed by atoms with E-state index in [1.165, 1.54) is 23.0 Å². The van der Waals surface area contributed by atoms with Crippen molar-refractivity contribution < 1.29 is 13.9 Å². The Balaban J connectivity index is 1.65. The molecule has 1 fully saturated rings. The van der Waals surface area contributed by atoms with Gasteiger partial charge in [-0.15, -0.1) is 0 Å². The van der Waals surface area contributed by atoms with Crippen molar-refractivity contribution in [3.8, 4) is 0 Å². The van der Waals surface area contributed by atoms with Crippen LogP contribution in [0.5, 0.6) is 0 Å². The Kier molecular flexibility index (Phi) is 6.18. The molecule has 2 aromatic rings. The molecule has 7 nitrogen and oxygen atoms in total. The van der Waals surface area contributed by atoms with E-state index in [0.29, 0.717) is 31.2 Å². The molecule has 0 spiro atoms. The standard InChI is InChI=1S/C19H25FN4O3/c1-13(2)17(23-5-7-27-8-6-23)10-21-18(25)11-24-12-22-16-4-3-14(20)9-15(16)19(24)26/h3-4,9,12-13,17H,5-8,10-11H2,1-2H3,(H,21,25). The van der Waals surface area contributed by atoms with Gasteiger partial charge in [-0.1, -0.05) is 13.8 Å². The van der Waals surface area contributed by atoms with Crippen LogP contribution in [-0.2, 0) is 16.1 Å². The normalized spacial score (nSPS) is 16.6. The average Bonchev–Trinajstić information content (AvgIpc) is 2.65. The van der Waals surface area contributed by atoms with Gasteiger partial charge in [-0.3, -0.25) is 19.1 Å². The van der Waals surface area contributed by atoms with Crippen molar-refractivity contribution in [2.75, 3.05) is 32.8 Å². The van der Waals surface area contributed by atoms with E-state index in [0.717, 1.165) is 19.2 Å². The summed E-state index contributed by atoms with van der Waals surface area (Å²) in [6, 6.07) is 4.06. The minimum atomic E-state index is -0.506. The molecule has 0 saturated carbocycles. The number of nitrogens with zero attached hydrogens (tertiary/aromatic N) is 3. The number of halogens is 1. The van der Waals surface area contributed by atoms with Crippen LogP contribution in [-0.4, -0.2) is 59.2 Å². The second-order valence-electron chi connectivity index (χ2n) is 7.10. The Hall–Kier alpha value is -2.32. The predicted molar refractivity (Wildman–Crippen MR) is 100.0 cm³/mol. The first kappa shape index (κ1) is 19.4. The van der Waals surface area contributed by atoms with Gasteiger partial charge in [0.05, 0.1) is 30.4 Å². The zero-order valence-electron chi connectivity index (χ0n) is 15.7. The second-order valence-corrected chi connectivity index (χ2v) is 7.10. The van der Waals surface area contributed by atoms with Gasteiger partial charge in [0.25, 0.3) is 5.56 Å². The summed E-state index contributed by atoms with van der Waals surface area (Å²) >= 11 is 0. The summed E-state index contributed by atoms with van der Waals surface area (Å²) in [4.78, 5) is 31.3. The van der Waals surface area contributed by atoms with Crippen molar-refractivity contribution in [2.45, 2.75) is 26.4 Å². The number of fused-ring (bicyclic) bond motifs is 1. The molecule has 0 aliphatic carbocycles. The lowest BCUT2D eigenvalue weighted by molar-refractivity contribution is -0.122. The van der Waals surface area contributed by atoms with E-state index in [4.69, 9.17) is 4.74 Å². The Morgan fingerprint density at radius 3 is 2.78 bits per heavy atom. The lowest BCUT2D eigenvalue weighted by Gasteiger charge is -2.36. The molecule has 1 aromatic carbocycles. The van der Waals surface area contributed by atoms with Crippen LogP contribution in [0.2, 0.25) is 0 Å². The van der Waals surface area contributed by atoms with Gasteiger partial charge in [-0.05, 0) is 24.1 Å². The summed E-state index contributed by atoms with van der Waals surface area (Å²) in [5, 5.41) is 3.08. The maximum atomic E-state index is 13.4. The fourth-order valence-electron chi connectivity index (χ4n) is 3.37. The summed E-state index contributed by atoms with van der Waals surface area (Å²) in [5.74, 6) is -0.404. The van der Waals surface area contributed by atoms with Crippen molar-refractivity contribution in [3.05, 3.63) is 40.7 Å². The average molecular weight is 376 g/mol. The van der Waals surface area contributed by atoms with Crippen LogP contribution in [0.1, 0.15) is 13.8 Å². The number of rotatable bonds is 6. The molecule has 1 unspecified atom stereocenters. The van der Waals surface area contributed by atoms with Crippen molar-refractivity contribution in [2.24, 2.45) is 5.92 Å². The Labute approximate surface area is 157 Å². The minimum Gasteiger partial charge on any atom is -0.379 e. The van der Waals surface area contributed by atoms with Crippen LogP contribution in [0.25, 0.3) is 10.9 Å². The maximum absolute atomic E-state index is 13.4. The number of morpholine rings is 1. The molecule has 1 aliphatic heterocycles. The molecule has 1 aromatic heterocycles. The molecule has 3 rings (SSSR count). The molecular weight excluding hydrogens is 351 g/mol. The highest BCUT2D eigenvalue weighted by Gasteiger charge is 2.24. The predicted octanol–water partition coefficient (Wildman–Crippen LogP) is 1.01. The van der Waals surface area contributed by atoms with Crippen molar-refractivity contribution in [1.29, 1.82) is 0 Å². The lowest BCUT2D eigenvalue weighted by atomic mass is 10.0. The number of ether oxygens (including phenoxy) is 1. The van der Waals surface area contributed by atoms with Crippen LogP contribution >= 0.6 is 0 Å². The Morgan fingerprint density at radius 1 is 1.33 bits per heavy atom. The highest BCUT2D eigenvalue weighted by Crippen LogP contribution is 2.12. The van der Waals surface area contributed by atoms with E-state index in [1.54, 1.807) is 0 Å². The van der Waals surface area contributed by atoms with E-state index in [9.17, 15) is 14.0 Å². The van der Waals surface area contributed by atoms with Gasteiger partial charge in [0.2, 0.25) is 5.91 Å². The SMILES string of the molecule is CC(C)C(CNC(=O)Cn1cnc2ccc(F)cc2c1=O)N1CCOCC1. The van der Waals surface area contributed by atoms with Gasteiger partial charge in [-0.2, -0.15) is 0 Å². The Bertz CT molecular complexity index is 862. The molecule has 0 bridgehead atoms. The lowest BCUT2D eigenvalue weighted by Crippen LogP contribution is -2.51. The van der Waals surface area contributed by atoms with Crippen molar-refractivity contribution in [1.82, 2.24) is 19.8 Å². The number of nitrogens with one attached hydrogen (secondary N) is 1. The number of aromatic nitrogens is 2. The van der Waals surface area contributed by atoms with Gasteiger partial charge < -0.3 is 10.1 Å². The van der Waals surface area contributed by atoms with Crippen LogP contribution in [0, 0.1) is 11.7 Å². The van der Waals surface area contributed by atoms with E-state index >= 15 is 0 Å². The third-order valence-electron chi connectivity index (χ3n) is 4.89. The topological polar surface area (TPSA) is 76.5 Å². The fraction of sp³-hybridized carbons (Fsp3) is 0.526. The van der Waals surface area contributed by atoms with E-state index in [-0.39, 0.29) is 23.9 Å². The Morgan fingerprint density at radius 2 is 2.07 bits per heavy atom. The number of carbonyl (C=O) groups excluding carboxylic acids is 1. The van der Waals surface area contributed by atoms with E-state index < -0.39 is 11.4 Å². The van der Waals surface area contributed by atoms with Gasteiger partial charge >= 0.3 is 0 Å². The quantitative estimate of drug-likeness (QED) is 0.814. The third kappa shape index (κ3) is 4.70. The van der Waals surface area contributed by atoms with Crippen molar-refractivity contribution >= 4 is 16.8 Å². The van der Waals surface area contributed by atoms with Crippen LogP contribution < -0.4 is 10.9 Å². The molecule has 1 saturated heterocycles. The molecule has 1 aliphatic rings. The summed E-state index contributed by atoms with van der Waals surface area (Å²) in [7, 11) is 0. The second kappa shape index (κ2) is 8.58. The number of carbonyl (C=O) groups is 1. The van der Waals surface area contributed by atoms with E-state index in [2.05, 4.69) is 29.0 Å². The van der Waals surface area contributed by atoms with Crippen LogP contribution in [0.15, 0.2) is 29.3 Å². The zero-order valence-corrected chi connectivity index (χ0v) is 15.7. The third-order valence-corrected chi connectivity index (χ3v) is 4.89. The van der Waals surface area contributed by atoms with Crippen molar-refractivity contribution in [3.63, 3.8) is 0 Å². The summed E-state index contributed by atoms with van der Waals surface area (Å²) < 4.78 is 20.0. The molecule has 2 heterocycles. The largest absolute Gasteiger partial charge is 0.379 e. The first-order chi connectivity index (χ1) is 13.0. The first-order valence-corrected chi connectivity index (χ1v) is 9.19. The molecule has 1 N–H and O–H groups in total. The summed E-state index contributed by atoms with van der Waals surface area (Å²) in [6.07, 6.45) is 1.32. The molecular formula is C19H25FN4O3. The molecule has 146 valence electrons. The van der Waals surface area contributed by atoms with Gasteiger partial charge in [-0.25, -0.2) is 9.37 Å². The molecule has 8 heteroatoms.